The number of ether oxygens (including phenoxy) is 3. The zero-order chi connectivity index (χ0) is 24.8. The molecule has 0 amide bonds. The van der Waals surface area contributed by atoms with Crippen molar-refractivity contribution in [2.75, 3.05) is 13.7 Å². The number of esters is 1. The van der Waals surface area contributed by atoms with Gasteiger partial charge in [-0.3, -0.25) is 0 Å². The van der Waals surface area contributed by atoms with Crippen LogP contribution < -0.4 is 4.74 Å². The molecule has 1 heterocycles. The van der Waals surface area contributed by atoms with Gasteiger partial charge in [-0.2, -0.15) is 0 Å². The van der Waals surface area contributed by atoms with Crippen LogP contribution in [0.1, 0.15) is 68.0 Å². The van der Waals surface area contributed by atoms with E-state index in [0.29, 0.717) is 12.5 Å². The fourth-order valence-electron chi connectivity index (χ4n) is 5.11. The third kappa shape index (κ3) is 4.44. The summed E-state index contributed by atoms with van der Waals surface area (Å²) in [7, 11) is 1.41. The van der Waals surface area contributed by atoms with Gasteiger partial charge in [-0.15, -0.1) is 0 Å². The van der Waals surface area contributed by atoms with Gasteiger partial charge in [0.05, 0.1) is 12.7 Å². The SMILES string of the molecule is COC(=O)C(OC(C)(C)C)c1c(C)c2c(c(C)c1-c1ccc(C)cc1)C1=C(CO2)CC(C)C=C1. The van der Waals surface area contributed by atoms with E-state index in [1.54, 1.807) is 0 Å². The number of aryl methyl sites for hydroxylation is 1. The van der Waals surface area contributed by atoms with Crippen LogP contribution in [0, 0.1) is 26.7 Å². The molecule has 180 valence electrons. The first-order chi connectivity index (χ1) is 16.0. The van der Waals surface area contributed by atoms with E-state index >= 15 is 0 Å². The summed E-state index contributed by atoms with van der Waals surface area (Å²) in [6.07, 6.45) is 4.66. The summed E-state index contributed by atoms with van der Waals surface area (Å²) in [6.45, 7) is 14.9. The number of fused-ring (bicyclic) bond motifs is 2. The predicted octanol–water partition coefficient (Wildman–Crippen LogP) is 7.05. The Morgan fingerprint density at radius 1 is 1.06 bits per heavy atom. The number of hydrogen-bond donors (Lipinski definition) is 0. The van der Waals surface area contributed by atoms with Gasteiger partial charge in [-0.1, -0.05) is 48.9 Å². The quantitative estimate of drug-likeness (QED) is 0.459. The van der Waals surface area contributed by atoms with Gasteiger partial charge in [-0.05, 0) is 87.3 Å². The molecule has 1 aliphatic carbocycles. The molecule has 0 saturated carbocycles. The lowest BCUT2D eigenvalue weighted by molar-refractivity contribution is -0.164. The lowest BCUT2D eigenvalue weighted by atomic mass is 9.78. The molecule has 4 nitrogen and oxygen atoms in total. The standard InChI is InChI=1S/C30H36O4/c1-17-9-12-21(13-10-17)24-19(3)25-23-14-11-18(2)15-22(23)16-33-27(25)20(4)26(24)28(29(31)32-8)34-30(5,6)7/h9-14,18,28H,15-16H2,1-8H3. The third-order valence-electron chi connectivity index (χ3n) is 6.68. The molecule has 2 aromatic rings. The Kier molecular flexibility index (Phi) is 6.48. The molecule has 2 aromatic carbocycles. The minimum absolute atomic E-state index is 0.409. The molecule has 0 aromatic heterocycles. The molecule has 4 rings (SSSR count). The first-order valence-corrected chi connectivity index (χ1v) is 12.0. The van der Waals surface area contributed by atoms with Crippen LogP contribution >= 0.6 is 0 Å². The van der Waals surface area contributed by atoms with Crippen LogP contribution in [0.5, 0.6) is 5.75 Å². The predicted molar refractivity (Wildman–Crippen MR) is 137 cm³/mol. The largest absolute Gasteiger partial charge is 0.488 e. The Balaban J connectivity index is 2.06. The van der Waals surface area contributed by atoms with Gasteiger partial charge in [0.25, 0.3) is 0 Å². The van der Waals surface area contributed by atoms with E-state index in [2.05, 4.69) is 57.2 Å². The first kappa shape index (κ1) is 24.3. The Morgan fingerprint density at radius 2 is 1.74 bits per heavy atom. The number of allylic oxidation sites excluding steroid dienone is 3. The highest BCUT2D eigenvalue weighted by Crippen LogP contribution is 2.49. The average Bonchev–Trinajstić information content (AvgIpc) is 2.78. The zero-order valence-electron chi connectivity index (χ0n) is 21.7. The Morgan fingerprint density at radius 3 is 2.35 bits per heavy atom. The van der Waals surface area contributed by atoms with E-state index < -0.39 is 17.7 Å². The maximum Gasteiger partial charge on any atom is 0.339 e. The van der Waals surface area contributed by atoms with Gasteiger partial charge < -0.3 is 14.2 Å². The van der Waals surface area contributed by atoms with Crippen molar-refractivity contribution in [3.05, 3.63) is 69.8 Å². The molecule has 0 saturated heterocycles. The second-order valence-corrected chi connectivity index (χ2v) is 10.6. The van der Waals surface area contributed by atoms with Gasteiger partial charge in [0.1, 0.15) is 12.4 Å². The third-order valence-corrected chi connectivity index (χ3v) is 6.68. The molecule has 2 aliphatic rings. The molecule has 0 N–H and O–H groups in total. The monoisotopic (exact) mass is 460 g/mol. The average molecular weight is 461 g/mol. The topological polar surface area (TPSA) is 44.8 Å². The highest BCUT2D eigenvalue weighted by molar-refractivity contribution is 5.92. The van der Waals surface area contributed by atoms with Crippen molar-refractivity contribution >= 4 is 11.5 Å². The molecule has 34 heavy (non-hydrogen) atoms. The molecule has 4 heteroatoms. The van der Waals surface area contributed by atoms with Crippen molar-refractivity contribution in [3.8, 4) is 16.9 Å². The van der Waals surface area contributed by atoms with Crippen molar-refractivity contribution in [2.24, 2.45) is 5.92 Å². The van der Waals surface area contributed by atoms with E-state index in [9.17, 15) is 4.79 Å². The van der Waals surface area contributed by atoms with Gasteiger partial charge in [0.2, 0.25) is 0 Å². The molecule has 0 bridgehead atoms. The fourth-order valence-corrected chi connectivity index (χ4v) is 5.11. The number of benzene rings is 2. The zero-order valence-corrected chi connectivity index (χ0v) is 21.7. The second kappa shape index (κ2) is 9.07. The number of hydrogen-bond acceptors (Lipinski definition) is 4. The minimum Gasteiger partial charge on any atom is -0.488 e. The van der Waals surface area contributed by atoms with Crippen molar-refractivity contribution in [2.45, 2.75) is 66.6 Å². The van der Waals surface area contributed by atoms with Gasteiger partial charge in [0, 0.05) is 11.1 Å². The van der Waals surface area contributed by atoms with Crippen molar-refractivity contribution < 1.29 is 19.0 Å². The van der Waals surface area contributed by atoms with Crippen LogP contribution in [0.2, 0.25) is 0 Å². The van der Waals surface area contributed by atoms with E-state index in [0.717, 1.165) is 45.6 Å². The molecular formula is C30H36O4. The van der Waals surface area contributed by atoms with Crippen LogP contribution in [0.3, 0.4) is 0 Å². The van der Waals surface area contributed by atoms with Crippen LogP contribution in [-0.4, -0.2) is 25.3 Å². The smallest absolute Gasteiger partial charge is 0.339 e. The number of methoxy groups -OCH3 is 1. The Labute approximate surface area is 203 Å². The minimum atomic E-state index is -0.869. The fraction of sp³-hybridized carbons (Fsp3) is 0.433. The van der Waals surface area contributed by atoms with Crippen LogP contribution in [0.4, 0.5) is 0 Å². The Hall–Kier alpha value is -2.85. The molecule has 0 spiro atoms. The summed E-state index contributed by atoms with van der Waals surface area (Å²) in [5.41, 5.74) is 9.26. The van der Waals surface area contributed by atoms with Crippen LogP contribution in [0.15, 0.2) is 42.0 Å². The van der Waals surface area contributed by atoms with E-state index in [4.69, 9.17) is 14.2 Å². The number of carbonyl (C=O) groups is 1. The number of rotatable bonds is 4. The summed E-state index contributed by atoms with van der Waals surface area (Å²) in [5.74, 6) is 0.936. The maximum absolute atomic E-state index is 13.1. The highest BCUT2D eigenvalue weighted by atomic mass is 16.6. The molecular weight excluding hydrogens is 424 g/mol. The first-order valence-electron chi connectivity index (χ1n) is 12.0. The summed E-state index contributed by atoms with van der Waals surface area (Å²) < 4.78 is 18.0. The summed E-state index contributed by atoms with van der Waals surface area (Å²) >= 11 is 0. The summed E-state index contributed by atoms with van der Waals surface area (Å²) in [6, 6.07) is 8.45. The molecule has 1 aliphatic heterocycles. The summed E-state index contributed by atoms with van der Waals surface area (Å²) in [4.78, 5) is 13.1. The van der Waals surface area contributed by atoms with Crippen LogP contribution in [-0.2, 0) is 14.3 Å². The highest BCUT2D eigenvalue weighted by Gasteiger charge is 2.36. The normalized spacial score (nSPS) is 18.2. The van der Waals surface area contributed by atoms with Crippen molar-refractivity contribution in [3.63, 3.8) is 0 Å². The van der Waals surface area contributed by atoms with Crippen molar-refractivity contribution in [1.29, 1.82) is 0 Å². The van der Waals surface area contributed by atoms with Gasteiger partial charge >= 0.3 is 5.97 Å². The molecule has 0 radical (unpaired) electrons. The lowest BCUT2D eigenvalue weighted by Gasteiger charge is -2.34. The Bertz CT molecular complexity index is 1180. The van der Waals surface area contributed by atoms with E-state index in [1.807, 2.05) is 27.7 Å². The second-order valence-electron chi connectivity index (χ2n) is 10.6. The maximum atomic E-state index is 13.1. The summed E-state index contributed by atoms with van der Waals surface area (Å²) in [5, 5.41) is 0. The van der Waals surface area contributed by atoms with E-state index in [1.165, 1.54) is 23.8 Å². The van der Waals surface area contributed by atoms with Crippen molar-refractivity contribution in [1.82, 2.24) is 0 Å². The van der Waals surface area contributed by atoms with E-state index in [-0.39, 0.29) is 0 Å². The number of carbonyl (C=O) groups excluding carboxylic acids is 1. The lowest BCUT2D eigenvalue weighted by Crippen LogP contribution is -2.30. The molecule has 2 atom stereocenters. The van der Waals surface area contributed by atoms with Gasteiger partial charge in [0.15, 0.2) is 6.10 Å². The molecule has 2 unspecified atom stereocenters. The molecule has 0 fully saturated rings. The van der Waals surface area contributed by atoms with Crippen LogP contribution in [0.25, 0.3) is 16.7 Å². The van der Waals surface area contributed by atoms with Gasteiger partial charge in [-0.25, -0.2) is 4.79 Å².